The minimum absolute atomic E-state index is 0.121. The average molecular weight is 455 g/mol. The van der Waals surface area contributed by atoms with Crippen molar-refractivity contribution >= 4 is 22.4 Å². The van der Waals surface area contributed by atoms with E-state index in [0.29, 0.717) is 0 Å². The van der Waals surface area contributed by atoms with Crippen molar-refractivity contribution in [3.63, 3.8) is 0 Å². The summed E-state index contributed by atoms with van der Waals surface area (Å²) in [5.74, 6) is 0. The van der Waals surface area contributed by atoms with Crippen molar-refractivity contribution in [3.8, 4) is 0 Å². The van der Waals surface area contributed by atoms with Crippen LogP contribution in [0.15, 0.2) is 30.3 Å². The molecule has 2 aliphatic rings. The summed E-state index contributed by atoms with van der Waals surface area (Å²) in [7, 11) is -6.15. The van der Waals surface area contributed by atoms with Gasteiger partial charge in [-0.1, -0.05) is 30.3 Å². The number of carbonyl (C=O) groups is 2. The van der Waals surface area contributed by atoms with E-state index in [4.69, 9.17) is 14.2 Å². The highest BCUT2D eigenvalue weighted by molar-refractivity contribution is 7.88. The lowest BCUT2D eigenvalue weighted by Gasteiger charge is -2.17. The van der Waals surface area contributed by atoms with Gasteiger partial charge in [0, 0.05) is 6.54 Å². The predicted molar refractivity (Wildman–Crippen MR) is 89.4 cm³/mol. The zero-order chi connectivity index (χ0) is 21.9. The fourth-order valence-electron chi connectivity index (χ4n) is 2.86. The zero-order valence-electron chi connectivity index (χ0n) is 15.0. The maximum atomic E-state index is 12.2. The number of ether oxygens (including phenoxy) is 4. The highest BCUT2D eigenvalue weighted by atomic mass is 32.2. The second-order valence-corrected chi connectivity index (χ2v) is 7.81. The molecule has 166 valence electrons. The smallest absolute Gasteiger partial charge is 0.441 e. The van der Waals surface area contributed by atoms with Crippen molar-refractivity contribution in [1.82, 2.24) is 5.32 Å². The van der Waals surface area contributed by atoms with E-state index in [1.165, 1.54) is 0 Å². The van der Waals surface area contributed by atoms with Crippen molar-refractivity contribution in [3.05, 3.63) is 35.9 Å². The summed E-state index contributed by atoms with van der Waals surface area (Å²) in [6.45, 7) is -0.223. The molecule has 2 aliphatic heterocycles. The Morgan fingerprint density at radius 1 is 1.03 bits per heavy atom. The van der Waals surface area contributed by atoms with Crippen LogP contribution in [0.5, 0.6) is 0 Å². The molecule has 0 unspecified atom stereocenters. The molecule has 2 fully saturated rings. The van der Waals surface area contributed by atoms with Crippen LogP contribution >= 0.6 is 0 Å². The monoisotopic (exact) mass is 455 g/mol. The van der Waals surface area contributed by atoms with E-state index in [1.807, 2.05) is 6.07 Å². The third kappa shape index (κ3) is 5.12. The summed E-state index contributed by atoms with van der Waals surface area (Å²) in [4.78, 5) is 23.3. The number of rotatable bonds is 5. The Kier molecular flexibility index (Phi) is 6.38. The SMILES string of the molecule is O=C(NCc1ccccc1)O[C@H]1CO[C@H]2[C@@H]1OC[C@H]2OC(=O)OS(=O)(=O)C(F)(F)F. The van der Waals surface area contributed by atoms with Crippen LogP contribution in [0, 0.1) is 0 Å². The van der Waals surface area contributed by atoms with Gasteiger partial charge >= 0.3 is 27.9 Å². The Bertz CT molecular complexity index is 878. The van der Waals surface area contributed by atoms with Gasteiger partial charge in [0.05, 0.1) is 13.2 Å². The molecule has 2 heterocycles. The Morgan fingerprint density at radius 2 is 1.60 bits per heavy atom. The van der Waals surface area contributed by atoms with Crippen LogP contribution < -0.4 is 5.32 Å². The number of hydrogen-bond acceptors (Lipinski definition) is 9. The van der Waals surface area contributed by atoms with Crippen LogP contribution in [0.25, 0.3) is 0 Å². The first-order valence-corrected chi connectivity index (χ1v) is 9.90. The molecule has 0 bridgehead atoms. The Morgan fingerprint density at radius 3 is 2.17 bits per heavy atom. The molecule has 3 rings (SSSR count). The van der Waals surface area contributed by atoms with Gasteiger partial charge in [-0.25, -0.2) is 9.59 Å². The van der Waals surface area contributed by atoms with Gasteiger partial charge in [-0.3, -0.25) is 0 Å². The van der Waals surface area contributed by atoms with Gasteiger partial charge in [-0.15, -0.1) is 0 Å². The molecule has 1 N–H and O–H groups in total. The van der Waals surface area contributed by atoms with Crippen molar-refractivity contribution < 1.29 is 54.3 Å². The maximum absolute atomic E-state index is 12.2. The lowest BCUT2D eigenvalue weighted by molar-refractivity contribution is -0.0575. The zero-order valence-corrected chi connectivity index (χ0v) is 15.9. The van der Waals surface area contributed by atoms with Crippen LogP contribution in [0.2, 0.25) is 0 Å². The van der Waals surface area contributed by atoms with Crippen molar-refractivity contribution in [1.29, 1.82) is 0 Å². The van der Waals surface area contributed by atoms with Crippen molar-refractivity contribution in [2.45, 2.75) is 36.5 Å². The topological polar surface area (TPSA) is 126 Å². The molecule has 1 aromatic rings. The number of nitrogens with one attached hydrogen (secondary N) is 1. The summed E-state index contributed by atoms with van der Waals surface area (Å²) in [5.41, 5.74) is -4.94. The van der Waals surface area contributed by atoms with E-state index in [2.05, 4.69) is 14.2 Å². The van der Waals surface area contributed by atoms with Gasteiger partial charge < -0.3 is 28.4 Å². The molecule has 0 aliphatic carbocycles. The summed E-state index contributed by atoms with van der Waals surface area (Å²) in [6.07, 6.45) is -6.77. The minimum atomic E-state index is -6.15. The molecule has 2 saturated heterocycles. The van der Waals surface area contributed by atoms with Gasteiger partial charge in [0.25, 0.3) is 0 Å². The standard InChI is InChI=1S/C16H16F3NO9S/c17-16(18,19)30(23,24)29-15(22)28-11-8-26-12-10(7-25-13(11)12)27-14(21)20-6-9-4-2-1-3-5-9/h1-5,10-13H,6-8H2,(H,20,21)/t10-,11+,12+,13+/m0/s1. The highest BCUT2D eigenvalue weighted by Gasteiger charge is 2.53. The molecule has 10 nitrogen and oxygen atoms in total. The second kappa shape index (κ2) is 8.65. The second-order valence-electron chi connectivity index (χ2n) is 6.27. The highest BCUT2D eigenvalue weighted by Crippen LogP contribution is 2.31. The molecule has 0 spiro atoms. The van der Waals surface area contributed by atoms with Crippen molar-refractivity contribution in [2.24, 2.45) is 0 Å². The number of fused-ring (bicyclic) bond motifs is 1. The van der Waals surface area contributed by atoms with Crippen LogP contribution in [-0.2, 0) is 39.8 Å². The van der Waals surface area contributed by atoms with Crippen LogP contribution in [-0.4, -0.2) is 63.8 Å². The van der Waals surface area contributed by atoms with Gasteiger partial charge in [0.15, 0.2) is 12.2 Å². The Balaban J connectivity index is 1.48. The fraction of sp³-hybridized carbons (Fsp3) is 0.500. The summed E-state index contributed by atoms with van der Waals surface area (Å²) < 4.78 is 82.2. The normalized spacial score (nSPS) is 26.0. The number of carbonyl (C=O) groups excluding carboxylic acids is 2. The molecule has 0 saturated carbocycles. The number of hydrogen-bond donors (Lipinski definition) is 1. The number of alkyl carbamates (subject to hydrolysis) is 1. The third-order valence-corrected chi connectivity index (χ3v) is 5.13. The van der Waals surface area contributed by atoms with Crippen LogP contribution in [0.1, 0.15) is 5.56 Å². The molecule has 0 aromatic heterocycles. The molecule has 30 heavy (non-hydrogen) atoms. The fourth-order valence-corrected chi connectivity index (χ4v) is 3.17. The first-order chi connectivity index (χ1) is 14.1. The Labute approximate surface area is 168 Å². The van der Waals surface area contributed by atoms with E-state index < -0.39 is 52.3 Å². The van der Waals surface area contributed by atoms with E-state index in [9.17, 15) is 31.2 Å². The molecular weight excluding hydrogens is 439 g/mol. The van der Waals surface area contributed by atoms with E-state index >= 15 is 0 Å². The summed E-state index contributed by atoms with van der Waals surface area (Å²) in [6, 6.07) is 9.02. The lowest BCUT2D eigenvalue weighted by atomic mass is 10.1. The van der Waals surface area contributed by atoms with E-state index in [1.54, 1.807) is 24.3 Å². The summed E-state index contributed by atoms with van der Waals surface area (Å²) >= 11 is 0. The molecule has 0 radical (unpaired) electrons. The van der Waals surface area contributed by atoms with Crippen molar-refractivity contribution in [2.75, 3.05) is 13.2 Å². The lowest BCUT2D eigenvalue weighted by Crippen LogP contribution is -2.38. The quantitative estimate of drug-likeness (QED) is 0.399. The third-order valence-electron chi connectivity index (χ3n) is 4.21. The van der Waals surface area contributed by atoms with E-state index in [0.717, 1.165) is 5.56 Å². The number of halogens is 3. The van der Waals surface area contributed by atoms with Gasteiger partial charge in [0.2, 0.25) is 0 Å². The maximum Gasteiger partial charge on any atom is 0.534 e. The molecule has 1 aromatic carbocycles. The molecule has 1 amide bonds. The van der Waals surface area contributed by atoms with E-state index in [-0.39, 0.29) is 19.8 Å². The molecule has 4 atom stereocenters. The number of alkyl halides is 3. The minimum Gasteiger partial charge on any atom is -0.441 e. The average Bonchev–Trinajstić information content (AvgIpc) is 3.23. The first-order valence-electron chi connectivity index (χ1n) is 8.50. The Hall–Kier alpha value is -2.58. The first kappa shape index (κ1) is 22.1. The summed E-state index contributed by atoms with van der Waals surface area (Å²) in [5, 5.41) is 2.54. The molecule has 14 heteroatoms. The predicted octanol–water partition coefficient (Wildman–Crippen LogP) is 1.45. The van der Waals surface area contributed by atoms with Gasteiger partial charge in [0.1, 0.15) is 12.2 Å². The van der Waals surface area contributed by atoms with Crippen LogP contribution in [0.3, 0.4) is 0 Å². The van der Waals surface area contributed by atoms with Crippen LogP contribution in [0.4, 0.5) is 22.8 Å². The van der Waals surface area contributed by atoms with Gasteiger partial charge in [-0.05, 0) is 5.56 Å². The number of benzene rings is 1. The number of amides is 1. The largest absolute Gasteiger partial charge is 0.534 e. The van der Waals surface area contributed by atoms with Gasteiger partial charge in [-0.2, -0.15) is 21.6 Å². The molecular formula is C16H16F3NO9S.